The first kappa shape index (κ1) is 15.2. The van der Waals surface area contributed by atoms with Crippen LogP contribution < -0.4 is 10.7 Å². The second-order valence-corrected chi connectivity index (χ2v) is 5.93. The monoisotopic (exact) mass is 303 g/mol. The number of hydrogen-bond donors (Lipinski definition) is 2. The van der Waals surface area contributed by atoms with Crippen LogP contribution >= 0.6 is 35.4 Å². The lowest BCUT2D eigenvalue weighted by Gasteiger charge is -2.21. The Labute approximate surface area is 123 Å². The maximum absolute atomic E-state index is 6.00. The van der Waals surface area contributed by atoms with E-state index in [0.29, 0.717) is 20.7 Å². The predicted molar refractivity (Wildman–Crippen MR) is 82.7 cm³/mol. The van der Waals surface area contributed by atoms with E-state index in [9.17, 15) is 0 Å². The molecule has 6 heteroatoms. The Morgan fingerprint density at radius 1 is 1.28 bits per heavy atom. The molecule has 0 aliphatic carbocycles. The zero-order chi connectivity index (χ0) is 13.8. The van der Waals surface area contributed by atoms with Crippen molar-refractivity contribution in [3.05, 3.63) is 33.8 Å². The smallest absolute Gasteiger partial charge is 0.187 e. The van der Waals surface area contributed by atoms with Crippen LogP contribution in [0, 0.1) is 0 Å². The average molecular weight is 304 g/mol. The van der Waals surface area contributed by atoms with E-state index in [0.717, 1.165) is 0 Å². The van der Waals surface area contributed by atoms with Gasteiger partial charge in [-0.1, -0.05) is 29.3 Å². The lowest BCUT2D eigenvalue weighted by molar-refractivity contribution is 0.508. The van der Waals surface area contributed by atoms with Gasteiger partial charge in [0.25, 0.3) is 0 Å². The van der Waals surface area contributed by atoms with E-state index in [4.69, 9.17) is 35.4 Å². The van der Waals surface area contributed by atoms with Crippen molar-refractivity contribution in [2.75, 3.05) is 0 Å². The summed E-state index contributed by atoms with van der Waals surface area (Å²) in [5, 5.41) is 8.61. The number of nitrogens with zero attached hydrogens (tertiary/aromatic N) is 1. The van der Waals surface area contributed by atoms with Gasteiger partial charge in [0, 0.05) is 11.1 Å². The van der Waals surface area contributed by atoms with Crippen LogP contribution in [-0.4, -0.2) is 16.9 Å². The fraction of sp³-hybridized carbons (Fsp3) is 0.333. The molecule has 0 atom stereocenters. The van der Waals surface area contributed by atoms with E-state index >= 15 is 0 Å². The summed E-state index contributed by atoms with van der Waals surface area (Å²) in [6.45, 7) is 6.03. The van der Waals surface area contributed by atoms with Crippen LogP contribution in [0.5, 0.6) is 0 Å². The number of halogens is 2. The van der Waals surface area contributed by atoms with E-state index in [2.05, 4.69) is 15.8 Å². The average Bonchev–Trinajstić information content (AvgIpc) is 2.19. The van der Waals surface area contributed by atoms with Crippen LogP contribution in [0.1, 0.15) is 26.3 Å². The standard InChI is InChI=1S/C12H15Cl2N3S/c1-12(2,3)16-11(18)17-15-7-8-9(13)5-4-6-10(8)14/h4-7H,1-3H3,(H2,16,17,18). The number of hydrazone groups is 1. The fourth-order valence-corrected chi connectivity index (χ4v) is 2.01. The summed E-state index contributed by atoms with van der Waals surface area (Å²) in [5.41, 5.74) is 3.26. The first-order valence-corrected chi connectivity index (χ1v) is 6.51. The van der Waals surface area contributed by atoms with Crippen LogP contribution in [0.2, 0.25) is 10.0 Å². The van der Waals surface area contributed by atoms with Crippen LogP contribution in [-0.2, 0) is 0 Å². The molecular formula is C12H15Cl2N3S. The highest BCUT2D eigenvalue weighted by molar-refractivity contribution is 7.80. The van der Waals surface area contributed by atoms with Crippen LogP contribution in [0.25, 0.3) is 0 Å². The number of thiocarbonyl (C=S) groups is 1. The molecule has 98 valence electrons. The third kappa shape index (κ3) is 5.21. The Hall–Kier alpha value is -0.840. The van der Waals surface area contributed by atoms with Crippen molar-refractivity contribution in [3.8, 4) is 0 Å². The highest BCUT2D eigenvalue weighted by Gasteiger charge is 2.10. The summed E-state index contributed by atoms with van der Waals surface area (Å²) >= 11 is 17.1. The molecule has 1 aromatic carbocycles. The van der Waals surface area contributed by atoms with Crippen molar-refractivity contribution < 1.29 is 0 Å². The molecule has 0 spiro atoms. The topological polar surface area (TPSA) is 36.4 Å². The molecule has 0 saturated carbocycles. The molecule has 0 amide bonds. The molecule has 0 bridgehead atoms. The van der Waals surface area contributed by atoms with Crippen molar-refractivity contribution in [2.45, 2.75) is 26.3 Å². The Kier molecular flexibility index (Phi) is 5.38. The molecule has 1 aromatic rings. The minimum atomic E-state index is -0.109. The summed E-state index contributed by atoms with van der Waals surface area (Å²) < 4.78 is 0. The van der Waals surface area contributed by atoms with Gasteiger partial charge in [0.15, 0.2) is 5.11 Å². The summed E-state index contributed by atoms with van der Waals surface area (Å²) in [5.74, 6) is 0. The van der Waals surface area contributed by atoms with Gasteiger partial charge < -0.3 is 5.32 Å². The molecule has 0 aromatic heterocycles. The molecule has 0 aliphatic rings. The van der Waals surface area contributed by atoms with Gasteiger partial charge in [0.2, 0.25) is 0 Å². The van der Waals surface area contributed by atoms with Crippen molar-refractivity contribution in [3.63, 3.8) is 0 Å². The van der Waals surface area contributed by atoms with Crippen molar-refractivity contribution >= 4 is 46.7 Å². The predicted octanol–water partition coefficient (Wildman–Crippen LogP) is 3.59. The third-order valence-corrected chi connectivity index (χ3v) is 2.70. The normalized spacial score (nSPS) is 11.6. The maximum Gasteiger partial charge on any atom is 0.187 e. The fourth-order valence-electron chi connectivity index (χ4n) is 1.16. The molecule has 0 unspecified atom stereocenters. The first-order chi connectivity index (χ1) is 8.29. The van der Waals surface area contributed by atoms with Crippen molar-refractivity contribution in [1.29, 1.82) is 0 Å². The Morgan fingerprint density at radius 3 is 2.33 bits per heavy atom. The second-order valence-electron chi connectivity index (χ2n) is 4.71. The molecule has 0 saturated heterocycles. The van der Waals surface area contributed by atoms with Crippen LogP contribution in [0.15, 0.2) is 23.3 Å². The first-order valence-electron chi connectivity index (χ1n) is 5.35. The minimum absolute atomic E-state index is 0.109. The largest absolute Gasteiger partial charge is 0.357 e. The van der Waals surface area contributed by atoms with Crippen LogP contribution in [0.3, 0.4) is 0 Å². The molecule has 0 fully saturated rings. The quantitative estimate of drug-likeness (QED) is 0.498. The van der Waals surface area contributed by atoms with Crippen LogP contribution in [0.4, 0.5) is 0 Å². The van der Waals surface area contributed by atoms with Gasteiger partial charge in [-0.25, -0.2) is 0 Å². The third-order valence-electron chi connectivity index (χ3n) is 1.85. The van der Waals surface area contributed by atoms with E-state index < -0.39 is 0 Å². The molecular weight excluding hydrogens is 289 g/mol. The van der Waals surface area contributed by atoms with E-state index in [1.165, 1.54) is 0 Å². The lowest BCUT2D eigenvalue weighted by atomic mass is 10.1. The van der Waals surface area contributed by atoms with Gasteiger partial charge >= 0.3 is 0 Å². The molecule has 0 radical (unpaired) electrons. The molecule has 3 nitrogen and oxygen atoms in total. The van der Waals surface area contributed by atoms with Gasteiger partial charge in [-0.15, -0.1) is 0 Å². The van der Waals surface area contributed by atoms with Gasteiger partial charge in [-0.3, -0.25) is 5.43 Å². The summed E-state index contributed by atoms with van der Waals surface area (Å²) in [7, 11) is 0. The van der Waals surface area contributed by atoms with Gasteiger partial charge in [-0.2, -0.15) is 5.10 Å². The molecule has 2 N–H and O–H groups in total. The minimum Gasteiger partial charge on any atom is -0.357 e. The summed E-state index contributed by atoms with van der Waals surface area (Å²) in [6, 6.07) is 5.28. The Morgan fingerprint density at radius 2 is 1.83 bits per heavy atom. The zero-order valence-electron chi connectivity index (χ0n) is 10.4. The number of hydrogen-bond acceptors (Lipinski definition) is 2. The highest BCUT2D eigenvalue weighted by Crippen LogP contribution is 2.21. The summed E-state index contributed by atoms with van der Waals surface area (Å²) in [6.07, 6.45) is 1.54. The lowest BCUT2D eigenvalue weighted by Crippen LogP contribution is -2.44. The van der Waals surface area contributed by atoms with Crippen molar-refractivity contribution in [1.82, 2.24) is 10.7 Å². The summed E-state index contributed by atoms with van der Waals surface area (Å²) in [4.78, 5) is 0. The van der Waals surface area contributed by atoms with Gasteiger partial charge in [-0.05, 0) is 45.1 Å². The molecule has 0 heterocycles. The zero-order valence-corrected chi connectivity index (χ0v) is 12.7. The maximum atomic E-state index is 6.00. The molecule has 1 rings (SSSR count). The Bertz CT molecular complexity index is 447. The second kappa shape index (κ2) is 6.36. The molecule has 18 heavy (non-hydrogen) atoms. The van der Waals surface area contributed by atoms with Gasteiger partial charge in [0.05, 0.1) is 16.3 Å². The van der Waals surface area contributed by atoms with E-state index in [1.54, 1.807) is 24.4 Å². The van der Waals surface area contributed by atoms with Crippen molar-refractivity contribution in [2.24, 2.45) is 5.10 Å². The number of nitrogens with one attached hydrogen (secondary N) is 2. The Balaban J connectivity index is 2.63. The molecule has 0 aliphatic heterocycles. The SMILES string of the molecule is CC(C)(C)NC(=S)NN=Cc1c(Cl)cccc1Cl. The van der Waals surface area contributed by atoms with E-state index in [1.807, 2.05) is 20.8 Å². The highest BCUT2D eigenvalue weighted by atomic mass is 35.5. The van der Waals surface area contributed by atoms with E-state index in [-0.39, 0.29) is 5.54 Å². The number of benzene rings is 1. The number of rotatable bonds is 2. The van der Waals surface area contributed by atoms with Gasteiger partial charge in [0.1, 0.15) is 0 Å².